The van der Waals surface area contributed by atoms with Gasteiger partial charge < -0.3 is 10.4 Å². The number of carbonyl (C=O) groups is 1. The Morgan fingerprint density at radius 3 is 2.55 bits per heavy atom. The van der Waals surface area contributed by atoms with E-state index in [1.165, 1.54) is 0 Å². The SMILES string of the molecule is CCn1nccc1CNCc1ccc(C(=O)O)cc1.Cl. The van der Waals surface area contributed by atoms with Gasteiger partial charge in [0.25, 0.3) is 0 Å². The molecule has 0 spiro atoms. The minimum Gasteiger partial charge on any atom is -0.478 e. The van der Waals surface area contributed by atoms with E-state index in [9.17, 15) is 4.79 Å². The van der Waals surface area contributed by atoms with Crippen LogP contribution in [0, 0.1) is 0 Å². The molecule has 0 atom stereocenters. The van der Waals surface area contributed by atoms with Crippen LogP contribution in [0.1, 0.15) is 28.5 Å². The van der Waals surface area contributed by atoms with Gasteiger partial charge in [0.15, 0.2) is 0 Å². The lowest BCUT2D eigenvalue weighted by molar-refractivity contribution is 0.0697. The molecule has 20 heavy (non-hydrogen) atoms. The average Bonchev–Trinajstić information content (AvgIpc) is 2.87. The summed E-state index contributed by atoms with van der Waals surface area (Å²) >= 11 is 0. The fourth-order valence-corrected chi connectivity index (χ4v) is 1.90. The van der Waals surface area contributed by atoms with E-state index >= 15 is 0 Å². The van der Waals surface area contributed by atoms with Gasteiger partial charge in [-0.2, -0.15) is 5.10 Å². The van der Waals surface area contributed by atoms with Crippen LogP contribution in [0.3, 0.4) is 0 Å². The number of aryl methyl sites for hydroxylation is 1. The summed E-state index contributed by atoms with van der Waals surface area (Å²) in [5.74, 6) is -0.897. The van der Waals surface area contributed by atoms with Crippen LogP contribution in [0.5, 0.6) is 0 Å². The highest BCUT2D eigenvalue weighted by Crippen LogP contribution is 2.05. The number of carboxylic acids is 1. The van der Waals surface area contributed by atoms with Gasteiger partial charge in [-0.25, -0.2) is 4.79 Å². The van der Waals surface area contributed by atoms with E-state index in [1.807, 2.05) is 22.9 Å². The van der Waals surface area contributed by atoms with Gasteiger partial charge in [0.05, 0.1) is 11.3 Å². The molecule has 2 rings (SSSR count). The van der Waals surface area contributed by atoms with Crippen molar-refractivity contribution in [2.75, 3.05) is 0 Å². The number of nitrogens with zero attached hydrogens (tertiary/aromatic N) is 2. The molecule has 1 aromatic heterocycles. The molecule has 0 amide bonds. The number of aromatic nitrogens is 2. The molecule has 0 aliphatic rings. The van der Waals surface area contributed by atoms with E-state index in [4.69, 9.17) is 5.11 Å². The first-order valence-electron chi connectivity index (χ1n) is 6.24. The second kappa shape index (κ2) is 7.67. The van der Waals surface area contributed by atoms with Crippen molar-refractivity contribution in [2.45, 2.75) is 26.6 Å². The predicted octanol–water partition coefficient (Wildman–Crippen LogP) is 2.31. The van der Waals surface area contributed by atoms with Crippen molar-refractivity contribution in [3.05, 3.63) is 53.3 Å². The molecule has 0 radical (unpaired) electrons. The summed E-state index contributed by atoms with van der Waals surface area (Å²) < 4.78 is 1.94. The summed E-state index contributed by atoms with van der Waals surface area (Å²) in [4.78, 5) is 10.7. The topological polar surface area (TPSA) is 67.2 Å². The summed E-state index contributed by atoms with van der Waals surface area (Å²) in [6.07, 6.45) is 1.79. The van der Waals surface area contributed by atoms with Gasteiger partial charge in [0.2, 0.25) is 0 Å². The average molecular weight is 296 g/mol. The van der Waals surface area contributed by atoms with Crippen LogP contribution in [0.15, 0.2) is 36.5 Å². The molecule has 0 saturated heterocycles. The van der Waals surface area contributed by atoms with Gasteiger partial charge in [-0.1, -0.05) is 12.1 Å². The number of benzene rings is 1. The summed E-state index contributed by atoms with van der Waals surface area (Å²) in [7, 11) is 0. The Balaban J connectivity index is 0.00000200. The molecule has 0 fully saturated rings. The van der Waals surface area contributed by atoms with Gasteiger partial charge >= 0.3 is 5.97 Å². The highest BCUT2D eigenvalue weighted by Gasteiger charge is 2.02. The smallest absolute Gasteiger partial charge is 0.335 e. The van der Waals surface area contributed by atoms with Crippen LogP contribution in [0.2, 0.25) is 0 Å². The Kier molecular flexibility index (Phi) is 6.21. The maximum Gasteiger partial charge on any atom is 0.335 e. The fraction of sp³-hybridized carbons (Fsp3) is 0.286. The van der Waals surface area contributed by atoms with Gasteiger partial charge in [0.1, 0.15) is 0 Å². The Morgan fingerprint density at radius 1 is 1.25 bits per heavy atom. The molecule has 2 N–H and O–H groups in total. The molecule has 0 saturated carbocycles. The molecule has 6 heteroatoms. The number of hydrogen-bond acceptors (Lipinski definition) is 3. The third kappa shape index (κ3) is 4.08. The number of carboxylic acid groups (broad SMARTS) is 1. The van der Waals surface area contributed by atoms with Crippen LogP contribution in [0.4, 0.5) is 0 Å². The molecule has 5 nitrogen and oxygen atoms in total. The van der Waals surface area contributed by atoms with E-state index in [0.29, 0.717) is 12.1 Å². The quantitative estimate of drug-likeness (QED) is 0.858. The van der Waals surface area contributed by atoms with E-state index < -0.39 is 5.97 Å². The first kappa shape index (κ1) is 16.2. The van der Waals surface area contributed by atoms with Gasteiger partial charge in [0, 0.05) is 25.8 Å². The Morgan fingerprint density at radius 2 is 1.95 bits per heavy atom. The standard InChI is InChI=1S/C14H17N3O2.ClH/c1-2-17-13(7-8-16-17)10-15-9-11-3-5-12(6-4-11)14(18)19;/h3-8,15H,2,9-10H2,1H3,(H,18,19);1H. The van der Waals surface area contributed by atoms with Crippen molar-refractivity contribution in [1.29, 1.82) is 0 Å². The molecule has 1 aromatic carbocycles. The minimum atomic E-state index is -0.897. The molecule has 1 heterocycles. The first-order chi connectivity index (χ1) is 9.20. The van der Waals surface area contributed by atoms with Crippen LogP contribution in [-0.4, -0.2) is 20.9 Å². The normalized spacial score (nSPS) is 10.1. The zero-order chi connectivity index (χ0) is 13.7. The van der Waals surface area contributed by atoms with Gasteiger partial charge in [-0.3, -0.25) is 4.68 Å². The fourth-order valence-electron chi connectivity index (χ4n) is 1.90. The Hall–Kier alpha value is -1.85. The zero-order valence-electron chi connectivity index (χ0n) is 11.2. The van der Waals surface area contributed by atoms with Gasteiger partial charge in [-0.15, -0.1) is 12.4 Å². The summed E-state index contributed by atoms with van der Waals surface area (Å²) in [6.45, 7) is 4.36. The van der Waals surface area contributed by atoms with E-state index in [-0.39, 0.29) is 12.4 Å². The lowest BCUT2D eigenvalue weighted by Crippen LogP contribution is -2.16. The first-order valence-corrected chi connectivity index (χ1v) is 6.24. The molecule has 0 aliphatic heterocycles. The summed E-state index contributed by atoms with van der Waals surface area (Å²) in [6, 6.07) is 8.89. The summed E-state index contributed by atoms with van der Waals surface area (Å²) in [5.41, 5.74) is 2.52. The van der Waals surface area contributed by atoms with Crippen LogP contribution < -0.4 is 5.32 Å². The second-order valence-corrected chi connectivity index (χ2v) is 4.24. The maximum atomic E-state index is 10.7. The van der Waals surface area contributed by atoms with E-state index in [1.54, 1.807) is 18.3 Å². The minimum absolute atomic E-state index is 0. The van der Waals surface area contributed by atoms with Gasteiger partial charge in [-0.05, 0) is 30.7 Å². The Bertz CT molecular complexity index is 552. The number of halogens is 1. The van der Waals surface area contributed by atoms with Crippen molar-refractivity contribution < 1.29 is 9.90 Å². The monoisotopic (exact) mass is 295 g/mol. The van der Waals surface area contributed by atoms with Crippen LogP contribution >= 0.6 is 12.4 Å². The highest BCUT2D eigenvalue weighted by atomic mass is 35.5. The molecule has 0 unspecified atom stereocenters. The molecule has 0 bridgehead atoms. The molecule has 2 aromatic rings. The van der Waals surface area contributed by atoms with Crippen molar-refractivity contribution in [1.82, 2.24) is 15.1 Å². The Labute approximate surface area is 124 Å². The van der Waals surface area contributed by atoms with Crippen molar-refractivity contribution in [3.63, 3.8) is 0 Å². The van der Waals surface area contributed by atoms with Crippen molar-refractivity contribution in [3.8, 4) is 0 Å². The van der Waals surface area contributed by atoms with Crippen molar-refractivity contribution in [2.24, 2.45) is 0 Å². The number of hydrogen-bond donors (Lipinski definition) is 2. The molecule has 108 valence electrons. The molecular weight excluding hydrogens is 278 g/mol. The zero-order valence-corrected chi connectivity index (χ0v) is 12.1. The van der Waals surface area contributed by atoms with Crippen LogP contribution in [0.25, 0.3) is 0 Å². The third-order valence-corrected chi connectivity index (χ3v) is 2.94. The lowest BCUT2D eigenvalue weighted by atomic mass is 10.1. The maximum absolute atomic E-state index is 10.7. The molecular formula is C14H18ClN3O2. The van der Waals surface area contributed by atoms with E-state index in [2.05, 4.69) is 17.3 Å². The highest BCUT2D eigenvalue weighted by molar-refractivity contribution is 5.87. The van der Waals surface area contributed by atoms with Crippen molar-refractivity contribution >= 4 is 18.4 Å². The lowest BCUT2D eigenvalue weighted by Gasteiger charge is -2.07. The predicted molar refractivity (Wildman–Crippen MR) is 79.1 cm³/mol. The number of aromatic carboxylic acids is 1. The summed E-state index contributed by atoms with van der Waals surface area (Å²) in [5, 5.41) is 16.3. The third-order valence-electron chi connectivity index (χ3n) is 2.94. The second-order valence-electron chi connectivity index (χ2n) is 4.24. The van der Waals surface area contributed by atoms with E-state index in [0.717, 1.165) is 24.3 Å². The number of nitrogens with one attached hydrogen (secondary N) is 1. The number of rotatable bonds is 6. The van der Waals surface area contributed by atoms with Crippen LogP contribution in [-0.2, 0) is 19.6 Å². The largest absolute Gasteiger partial charge is 0.478 e. The molecule has 0 aliphatic carbocycles.